The lowest BCUT2D eigenvalue weighted by Crippen LogP contribution is -2.61. The Labute approximate surface area is 788 Å². The Balaban J connectivity index is 0.684. The molecule has 628 valence electrons. The van der Waals surface area contributed by atoms with Crippen LogP contribution in [0.4, 0.5) is 68.2 Å². The van der Waals surface area contributed by atoms with Gasteiger partial charge in [-0.1, -0.05) is 394 Å². The topological polar surface area (TPSA) is 13.0 Å². The lowest BCUT2D eigenvalue weighted by Gasteiger charge is -2.61. The van der Waals surface area contributed by atoms with Gasteiger partial charge < -0.3 is 19.6 Å². The molecule has 4 aliphatic carbocycles. The number of fused-ring (bicyclic) bond motifs is 14. The first-order chi connectivity index (χ1) is 67.0. The van der Waals surface area contributed by atoms with Gasteiger partial charge in [0.25, 0.3) is 13.4 Å². The first-order valence-corrected chi connectivity index (χ1v) is 47.6. The second-order valence-electron chi connectivity index (χ2n) is 37.5. The Hall–Kier alpha value is -16.8. The number of anilines is 12. The fourth-order valence-corrected chi connectivity index (χ4v) is 24.9. The van der Waals surface area contributed by atoms with Gasteiger partial charge in [-0.2, -0.15) is 0 Å². The molecule has 4 nitrogen and oxygen atoms in total. The highest BCUT2D eigenvalue weighted by Gasteiger charge is 2.71. The summed E-state index contributed by atoms with van der Waals surface area (Å²) in [6.07, 6.45) is 5.97. The smallest absolute Gasteiger partial charge is 0.252 e. The molecule has 20 aromatic carbocycles. The van der Waals surface area contributed by atoms with Crippen molar-refractivity contribution in [3.63, 3.8) is 0 Å². The van der Waals surface area contributed by atoms with Crippen LogP contribution >= 0.6 is 0 Å². The average Bonchev–Trinajstić information content (AvgIpc) is 1.46. The molecular weight excluding hydrogens is 1630 g/mol. The highest BCUT2D eigenvalue weighted by Crippen LogP contribution is 2.80. The third-order valence-corrected chi connectivity index (χ3v) is 30.7. The predicted octanol–water partition coefficient (Wildman–Crippen LogP) is 29.4. The van der Waals surface area contributed by atoms with Gasteiger partial charge in [0.2, 0.25) is 0 Å². The zero-order chi connectivity index (χ0) is 88.5. The number of benzene rings is 20. The van der Waals surface area contributed by atoms with Crippen LogP contribution in [0.5, 0.6) is 0 Å². The van der Waals surface area contributed by atoms with Gasteiger partial charge in [0.15, 0.2) is 0 Å². The van der Waals surface area contributed by atoms with E-state index in [-0.39, 0.29) is 36.6 Å². The molecule has 135 heavy (non-hydrogen) atoms. The van der Waals surface area contributed by atoms with Crippen LogP contribution in [0, 0.1) is 0 Å². The van der Waals surface area contributed by atoms with Crippen LogP contribution in [0.15, 0.2) is 503 Å². The maximum absolute atomic E-state index is 2.68. The van der Waals surface area contributed by atoms with Gasteiger partial charge in [-0.3, -0.25) is 0 Å². The molecule has 4 atom stereocenters. The summed E-state index contributed by atoms with van der Waals surface area (Å²) >= 11 is 0. The van der Waals surface area contributed by atoms with Crippen LogP contribution in [0.2, 0.25) is 0 Å². The summed E-state index contributed by atoms with van der Waals surface area (Å²) in [6, 6.07) is 182. The largest absolute Gasteiger partial charge is 0.311 e. The van der Waals surface area contributed by atoms with E-state index in [1.165, 1.54) is 206 Å². The van der Waals surface area contributed by atoms with Crippen molar-refractivity contribution < 1.29 is 0 Å². The van der Waals surface area contributed by atoms with Gasteiger partial charge in [-0.15, -0.1) is 0 Å². The summed E-state index contributed by atoms with van der Waals surface area (Å²) in [4.78, 5) is 10.6. The van der Waals surface area contributed by atoms with E-state index >= 15 is 0 Å². The van der Waals surface area contributed by atoms with E-state index in [1.807, 2.05) is 0 Å². The zero-order valence-corrected chi connectivity index (χ0v) is 74.1. The van der Waals surface area contributed by atoms with Crippen molar-refractivity contribution in [2.24, 2.45) is 0 Å². The molecule has 1 spiro atoms. The lowest BCUT2D eigenvalue weighted by atomic mass is 9.33. The fourth-order valence-electron chi connectivity index (χ4n) is 24.9. The molecule has 8 aliphatic rings. The summed E-state index contributed by atoms with van der Waals surface area (Å²) in [5, 5.41) is 0. The number of hydrogen-bond donors (Lipinski definition) is 0. The summed E-state index contributed by atoms with van der Waals surface area (Å²) in [6.45, 7) is -0.352. The van der Waals surface area contributed by atoms with Crippen LogP contribution < -0.4 is 52.4 Å². The standard InChI is InChI=1S/C129H86B2N4/c1-9-29-83(30-10-1)91-51-63-101(64-52-91)132-115-71-59-95(87-37-17-5-18-38-87)75-111(115)130-112-76-96(88-39-19-6-20-40-88)60-72-116(112)133(102-65-53-92(54-66-102)84-31-11-2-12-32-84)120-80-99(79-119(132)127(120)130)105-46-27-48-108-123(105)126-124-106(47-28-50-110(124)129(126)109-49-26-25-45-107(109)125(108)129)100-81-121-128-122(82-100)135(104-69-57-94(58-70-104)86-35-15-4-16-36-86)118-74-62-98(90-43-23-8-24-44-90)78-114(118)131(128)113-77-97(89-41-21-7-22-42-89)61-73-117(113)134(121)103-67-55-93(56-68-103)85-33-13-3-14-34-85/h1-46,48-82,106,125-126H,47H2/t106-,125?,126-,129-/m1/s1. The minimum absolute atomic E-state index is 0.0175. The second kappa shape index (κ2) is 30.7. The molecule has 0 N–H and O–H groups in total. The normalized spacial score (nSPS) is 16.5. The molecule has 0 radical (unpaired) electrons. The quantitative estimate of drug-likeness (QED) is 0.101. The zero-order valence-electron chi connectivity index (χ0n) is 74.1. The molecule has 0 amide bonds. The third kappa shape index (κ3) is 11.9. The average molecular weight is 1710 g/mol. The highest BCUT2D eigenvalue weighted by atomic mass is 15.2. The van der Waals surface area contributed by atoms with E-state index in [9.17, 15) is 0 Å². The minimum Gasteiger partial charge on any atom is -0.311 e. The van der Waals surface area contributed by atoms with Crippen molar-refractivity contribution in [1.29, 1.82) is 0 Å². The summed E-state index contributed by atoms with van der Waals surface area (Å²) in [5.41, 5.74) is 52.7. The summed E-state index contributed by atoms with van der Waals surface area (Å²) in [5.74, 6) is 0.129. The van der Waals surface area contributed by atoms with Crippen molar-refractivity contribution in [2.45, 2.75) is 29.6 Å². The van der Waals surface area contributed by atoms with Crippen molar-refractivity contribution in [2.75, 3.05) is 19.6 Å². The van der Waals surface area contributed by atoms with Gasteiger partial charge in [-0.05, 0) is 275 Å². The number of nitrogens with zero attached hydrogens (tertiary/aromatic N) is 4. The van der Waals surface area contributed by atoms with Crippen LogP contribution in [-0.4, -0.2) is 13.4 Å². The number of rotatable bonds is 14. The first-order valence-electron chi connectivity index (χ1n) is 47.6. The number of allylic oxidation sites excluding steroid dienone is 4. The molecule has 0 saturated carbocycles. The van der Waals surface area contributed by atoms with Gasteiger partial charge in [-0.25, -0.2) is 0 Å². The molecule has 0 bridgehead atoms. The first kappa shape index (κ1) is 77.0. The van der Waals surface area contributed by atoms with Crippen molar-refractivity contribution in [3.05, 3.63) is 530 Å². The third-order valence-electron chi connectivity index (χ3n) is 30.7. The van der Waals surface area contributed by atoms with Gasteiger partial charge in [0, 0.05) is 91.4 Å². The van der Waals surface area contributed by atoms with Crippen LogP contribution in [-0.2, 0) is 5.41 Å². The fraction of sp³-hybridized carbons (Fsp3) is 0.0388. The predicted molar refractivity (Wildman–Crippen MR) is 566 cm³/mol. The molecule has 0 fully saturated rings. The van der Waals surface area contributed by atoms with E-state index in [1.54, 1.807) is 0 Å². The van der Waals surface area contributed by atoms with Gasteiger partial charge in [0.05, 0.1) is 0 Å². The summed E-state index contributed by atoms with van der Waals surface area (Å²) in [7, 11) is 0. The molecule has 0 aromatic heterocycles. The lowest BCUT2D eigenvalue weighted by molar-refractivity contribution is 0.310. The monoisotopic (exact) mass is 1710 g/mol. The van der Waals surface area contributed by atoms with Crippen molar-refractivity contribution in [3.8, 4) is 100 Å². The molecular formula is C129H86B2N4. The molecule has 1 unspecified atom stereocenters. The van der Waals surface area contributed by atoms with E-state index in [4.69, 9.17) is 0 Å². The van der Waals surface area contributed by atoms with Crippen LogP contribution in [0.1, 0.15) is 52.0 Å². The van der Waals surface area contributed by atoms with E-state index in [2.05, 4.69) is 511 Å². The number of hydrogen-bond acceptors (Lipinski definition) is 4. The molecule has 4 heterocycles. The van der Waals surface area contributed by atoms with Crippen molar-refractivity contribution in [1.82, 2.24) is 0 Å². The summed E-state index contributed by atoms with van der Waals surface area (Å²) < 4.78 is 0. The molecule has 0 saturated heterocycles. The Morgan fingerprint density at radius 2 is 0.504 bits per heavy atom. The maximum atomic E-state index is 2.68. The SMILES string of the molecule is C1=CC2=C([C@@H](c3cc4c5c(c3)N(c3ccc(-c6ccccc6)cc3)c3ccc(-c6ccccc6)cc3B5c3cc(-c5ccccc5)ccc3N4c3ccc(-c4ccccc4)cc3)C1)[C@H]1c3c(-c4cc5c6c(c4)N(c4ccc(-c7ccccc7)cc4)c4ccc(-c7ccccc7)cc4B6c4cc(-c6ccccc6)ccc4N5c4ccc(-c5ccccc5)cc4)cccc3C3c4ccccc4[C@@]231. The Kier molecular flexibility index (Phi) is 17.5. The maximum Gasteiger partial charge on any atom is 0.252 e. The van der Waals surface area contributed by atoms with Gasteiger partial charge in [0.1, 0.15) is 0 Å². The Morgan fingerprint density at radius 3 is 0.837 bits per heavy atom. The molecule has 20 aromatic rings. The molecule has 28 rings (SSSR count). The van der Waals surface area contributed by atoms with E-state index in [0.717, 1.165) is 40.5 Å². The van der Waals surface area contributed by atoms with E-state index < -0.39 is 0 Å². The van der Waals surface area contributed by atoms with Crippen LogP contribution in [0.25, 0.3) is 100 Å². The van der Waals surface area contributed by atoms with Crippen LogP contribution in [0.3, 0.4) is 0 Å². The Morgan fingerprint density at radius 1 is 0.222 bits per heavy atom. The van der Waals surface area contributed by atoms with Gasteiger partial charge >= 0.3 is 0 Å². The highest BCUT2D eigenvalue weighted by molar-refractivity contribution is 7.01. The molecule has 4 aliphatic heterocycles. The minimum atomic E-state index is -0.311. The van der Waals surface area contributed by atoms with Crippen molar-refractivity contribution >= 4 is 114 Å². The van der Waals surface area contributed by atoms with E-state index in [0.29, 0.717) is 0 Å². The second-order valence-corrected chi connectivity index (χ2v) is 37.5. The Bertz CT molecular complexity index is 7840. The molecule has 6 heteroatoms.